The number of nitrogens with zero attached hydrogens (tertiary/aromatic N) is 3. The van der Waals surface area contributed by atoms with Gasteiger partial charge in [-0.1, -0.05) is 6.07 Å². The van der Waals surface area contributed by atoms with Crippen LogP contribution in [0, 0.1) is 6.92 Å². The average Bonchev–Trinajstić information content (AvgIpc) is 3.18. The molecule has 5 rings (SSSR count). The number of fused-ring (bicyclic) bond motifs is 2. The Morgan fingerprint density at radius 2 is 2.15 bits per heavy atom. The predicted octanol–water partition coefficient (Wildman–Crippen LogP) is 4.13. The number of H-pyrrole nitrogens is 1. The summed E-state index contributed by atoms with van der Waals surface area (Å²) in [5, 5.41) is 5.49. The Morgan fingerprint density at radius 1 is 1.27 bits per heavy atom. The second-order valence-electron chi connectivity index (χ2n) is 6.74. The molecule has 0 unspecified atom stereocenters. The summed E-state index contributed by atoms with van der Waals surface area (Å²) < 4.78 is 6.52. The van der Waals surface area contributed by atoms with Crippen molar-refractivity contribution in [2.45, 2.75) is 31.9 Å². The molecule has 0 radical (unpaired) electrons. The molecule has 3 heterocycles. The van der Waals surface area contributed by atoms with Crippen LogP contribution in [-0.4, -0.2) is 39.2 Å². The van der Waals surface area contributed by atoms with Crippen LogP contribution < -0.4 is 5.32 Å². The molecule has 6 nitrogen and oxygen atoms in total. The van der Waals surface area contributed by atoms with Crippen LogP contribution in [0.2, 0.25) is 0 Å². The van der Waals surface area contributed by atoms with E-state index in [1.54, 1.807) is 18.4 Å². The highest BCUT2D eigenvalue weighted by Crippen LogP contribution is 2.32. The van der Waals surface area contributed by atoms with E-state index in [1.165, 1.54) is 4.70 Å². The molecule has 0 saturated heterocycles. The summed E-state index contributed by atoms with van der Waals surface area (Å²) in [7, 11) is 1.76. The maximum atomic E-state index is 5.32. The van der Waals surface area contributed by atoms with Crippen molar-refractivity contribution in [3.63, 3.8) is 0 Å². The van der Waals surface area contributed by atoms with Crippen molar-refractivity contribution in [3.05, 3.63) is 35.6 Å². The first kappa shape index (κ1) is 15.7. The number of nitrogens with one attached hydrogen (secondary N) is 2. The topological polar surface area (TPSA) is 75.7 Å². The number of hydrogen-bond acceptors (Lipinski definition) is 6. The molecular formula is C19H19N5OS. The van der Waals surface area contributed by atoms with Crippen LogP contribution in [-0.2, 0) is 4.74 Å². The maximum Gasteiger partial charge on any atom is 0.224 e. The Bertz CT molecular complexity index is 1100. The van der Waals surface area contributed by atoms with Gasteiger partial charge in [-0.25, -0.2) is 9.97 Å². The minimum atomic E-state index is 0.360. The molecule has 0 aliphatic heterocycles. The highest BCUT2D eigenvalue weighted by atomic mass is 32.1. The number of rotatable bonds is 4. The van der Waals surface area contributed by atoms with Crippen molar-refractivity contribution >= 4 is 38.5 Å². The molecule has 0 atom stereocenters. The van der Waals surface area contributed by atoms with Gasteiger partial charge in [0.25, 0.3) is 0 Å². The van der Waals surface area contributed by atoms with Gasteiger partial charge in [0, 0.05) is 36.5 Å². The molecule has 1 saturated carbocycles. The molecule has 26 heavy (non-hydrogen) atoms. The molecule has 4 aromatic rings. The number of ether oxygens (including phenoxy) is 1. The van der Waals surface area contributed by atoms with Gasteiger partial charge in [-0.2, -0.15) is 4.98 Å². The Morgan fingerprint density at radius 3 is 3.00 bits per heavy atom. The standard InChI is InChI=1S/C19H19N5OS/c1-10-22-16-4-3-11(5-17(16)26-10)14-8-20-18-15(14)9-21-19(24-18)23-12-6-13(7-12)25-2/h3-5,8-9,12-13H,6-7H2,1-2H3,(H2,20,21,23,24)/t12-,13+. The predicted molar refractivity (Wildman–Crippen MR) is 105 cm³/mol. The minimum absolute atomic E-state index is 0.360. The van der Waals surface area contributed by atoms with Crippen LogP contribution >= 0.6 is 11.3 Å². The molecule has 1 aliphatic rings. The van der Waals surface area contributed by atoms with Gasteiger partial charge < -0.3 is 15.0 Å². The number of thiazole rings is 1. The lowest BCUT2D eigenvalue weighted by molar-refractivity contribution is 0.0327. The number of methoxy groups -OCH3 is 1. The van der Waals surface area contributed by atoms with Crippen LogP contribution in [0.15, 0.2) is 30.6 Å². The van der Waals surface area contributed by atoms with E-state index >= 15 is 0 Å². The summed E-state index contributed by atoms with van der Waals surface area (Å²) >= 11 is 1.72. The van der Waals surface area contributed by atoms with E-state index in [0.717, 1.165) is 45.5 Å². The third kappa shape index (κ3) is 2.64. The van der Waals surface area contributed by atoms with E-state index in [1.807, 2.05) is 19.3 Å². The lowest BCUT2D eigenvalue weighted by Gasteiger charge is -2.34. The fourth-order valence-electron chi connectivity index (χ4n) is 3.48. The summed E-state index contributed by atoms with van der Waals surface area (Å²) in [6.45, 7) is 2.04. The average molecular weight is 365 g/mol. The van der Waals surface area contributed by atoms with Crippen LogP contribution in [0.25, 0.3) is 32.4 Å². The zero-order chi connectivity index (χ0) is 17.7. The highest BCUT2D eigenvalue weighted by molar-refractivity contribution is 7.18. The first-order chi connectivity index (χ1) is 12.7. The van der Waals surface area contributed by atoms with Gasteiger partial charge in [0.2, 0.25) is 5.95 Å². The molecule has 1 aromatic carbocycles. The second kappa shape index (κ2) is 6.03. The number of anilines is 1. The summed E-state index contributed by atoms with van der Waals surface area (Å²) in [6.07, 6.45) is 6.26. The number of benzene rings is 1. The van der Waals surface area contributed by atoms with Gasteiger partial charge in [0.1, 0.15) is 5.65 Å². The van der Waals surface area contributed by atoms with E-state index in [0.29, 0.717) is 18.1 Å². The number of aromatic nitrogens is 4. The summed E-state index contributed by atoms with van der Waals surface area (Å²) in [5.41, 5.74) is 4.16. The zero-order valence-electron chi connectivity index (χ0n) is 14.6. The quantitative estimate of drug-likeness (QED) is 0.569. The Balaban J connectivity index is 1.45. The van der Waals surface area contributed by atoms with Crippen LogP contribution in [0.4, 0.5) is 5.95 Å². The van der Waals surface area contributed by atoms with Gasteiger partial charge in [-0.05, 0) is 37.5 Å². The van der Waals surface area contributed by atoms with Gasteiger partial charge in [-0.15, -0.1) is 11.3 Å². The molecule has 1 aliphatic carbocycles. The minimum Gasteiger partial charge on any atom is -0.381 e. The summed E-state index contributed by atoms with van der Waals surface area (Å²) in [5.74, 6) is 0.666. The van der Waals surface area contributed by atoms with Crippen molar-refractivity contribution in [1.29, 1.82) is 0 Å². The van der Waals surface area contributed by atoms with Gasteiger partial charge in [0.15, 0.2) is 0 Å². The first-order valence-electron chi connectivity index (χ1n) is 8.70. The SMILES string of the molecule is CO[C@H]1C[C@@H](Nc2ncc3c(-c4ccc5nc(C)sc5c4)c[nH]c3n2)C1. The monoisotopic (exact) mass is 365 g/mol. The molecule has 1 fully saturated rings. The number of aromatic amines is 1. The van der Waals surface area contributed by atoms with E-state index in [-0.39, 0.29) is 0 Å². The van der Waals surface area contributed by atoms with Gasteiger partial charge in [-0.3, -0.25) is 0 Å². The van der Waals surface area contributed by atoms with E-state index in [2.05, 4.69) is 43.5 Å². The molecule has 3 aromatic heterocycles. The molecular weight excluding hydrogens is 346 g/mol. The smallest absolute Gasteiger partial charge is 0.224 e. The van der Waals surface area contributed by atoms with Gasteiger partial charge >= 0.3 is 0 Å². The molecule has 0 spiro atoms. The Labute approximate surface area is 154 Å². The largest absolute Gasteiger partial charge is 0.381 e. The molecule has 2 N–H and O–H groups in total. The maximum absolute atomic E-state index is 5.32. The lowest BCUT2D eigenvalue weighted by atomic mass is 9.89. The molecule has 132 valence electrons. The van der Waals surface area contributed by atoms with Crippen molar-refractivity contribution in [2.24, 2.45) is 0 Å². The molecule has 0 bridgehead atoms. The third-order valence-corrected chi connectivity index (χ3v) is 5.93. The van der Waals surface area contributed by atoms with E-state index < -0.39 is 0 Å². The van der Waals surface area contributed by atoms with E-state index in [4.69, 9.17) is 4.74 Å². The Kier molecular flexibility index (Phi) is 3.65. The fourth-order valence-corrected chi connectivity index (χ4v) is 4.35. The first-order valence-corrected chi connectivity index (χ1v) is 9.52. The third-order valence-electron chi connectivity index (χ3n) is 5.00. The second-order valence-corrected chi connectivity index (χ2v) is 7.98. The zero-order valence-corrected chi connectivity index (χ0v) is 15.4. The van der Waals surface area contributed by atoms with Crippen molar-refractivity contribution in [3.8, 4) is 11.1 Å². The number of aryl methyl sites for hydroxylation is 1. The van der Waals surface area contributed by atoms with Crippen LogP contribution in [0.3, 0.4) is 0 Å². The van der Waals surface area contributed by atoms with Crippen molar-refractivity contribution in [2.75, 3.05) is 12.4 Å². The highest BCUT2D eigenvalue weighted by Gasteiger charge is 2.29. The fraction of sp³-hybridized carbons (Fsp3) is 0.316. The normalized spacial score (nSPS) is 19.8. The number of hydrogen-bond donors (Lipinski definition) is 2. The Hall–Kier alpha value is -2.51. The van der Waals surface area contributed by atoms with Crippen LogP contribution in [0.5, 0.6) is 0 Å². The summed E-state index contributed by atoms with van der Waals surface area (Å²) in [6, 6.07) is 6.76. The van der Waals surface area contributed by atoms with Crippen molar-refractivity contribution < 1.29 is 4.74 Å². The molecule has 0 amide bonds. The summed E-state index contributed by atoms with van der Waals surface area (Å²) in [4.78, 5) is 17.0. The van der Waals surface area contributed by atoms with Crippen LogP contribution in [0.1, 0.15) is 17.8 Å². The van der Waals surface area contributed by atoms with E-state index in [9.17, 15) is 0 Å². The lowest BCUT2D eigenvalue weighted by Crippen LogP contribution is -2.40. The van der Waals surface area contributed by atoms with Gasteiger partial charge in [0.05, 0.1) is 21.3 Å². The van der Waals surface area contributed by atoms with Crippen molar-refractivity contribution in [1.82, 2.24) is 19.9 Å². The molecule has 7 heteroatoms.